The zero-order chi connectivity index (χ0) is 19.1. The van der Waals surface area contributed by atoms with Crippen molar-refractivity contribution in [2.75, 3.05) is 26.0 Å². The fraction of sp³-hybridized carbons (Fsp3) is 0.650. The van der Waals surface area contributed by atoms with Crippen LogP contribution in [0.5, 0.6) is 0 Å². The van der Waals surface area contributed by atoms with Crippen molar-refractivity contribution in [1.29, 1.82) is 0 Å². The number of nitrogens with zero attached hydrogens (tertiary/aromatic N) is 1. The zero-order valence-electron chi connectivity index (χ0n) is 17.8. The van der Waals surface area contributed by atoms with Crippen LogP contribution >= 0.6 is 13.5 Å². The minimum atomic E-state index is 0. The molecule has 7 nitrogen and oxygen atoms in total. The molecule has 2 rings (SSSR count). The van der Waals surface area contributed by atoms with Crippen LogP contribution in [-0.4, -0.2) is 42.6 Å². The first kappa shape index (κ1) is 38.2. The summed E-state index contributed by atoms with van der Waals surface area (Å²) in [5, 5.41) is 6.04. The summed E-state index contributed by atoms with van der Waals surface area (Å²) >= 11 is 0. The molecular weight excluding hydrogens is 395 g/mol. The molecule has 1 aromatic rings. The molecule has 1 heterocycles. The fourth-order valence-electron chi connectivity index (χ4n) is 2.58. The highest BCUT2D eigenvalue weighted by Crippen LogP contribution is 2.27. The molecule has 8 N–H and O–H groups in total. The highest BCUT2D eigenvalue weighted by atomic mass is 32.1. The summed E-state index contributed by atoms with van der Waals surface area (Å²) in [5.41, 5.74) is 6.33. The van der Waals surface area contributed by atoms with Gasteiger partial charge in [-0.2, -0.15) is 18.5 Å². The molecule has 9 heteroatoms. The van der Waals surface area contributed by atoms with Crippen LogP contribution in [-0.2, 0) is 0 Å². The normalized spacial score (nSPS) is 17.2. The maximum absolute atomic E-state index is 12.3. The molecule has 1 aromatic heterocycles. The number of nitrogens with two attached hydrogens (primary N) is 1. The van der Waals surface area contributed by atoms with Crippen LogP contribution in [0, 0.1) is 5.92 Å². The highest BCUT2D eigenvalue weighted by molar-refractivity contribution is 7.59. The first-order valence-corrected chi connectivity index (χ1v) is 9.13. The van der Waals surface area contributed by atoms with Gasteiger partial charge < -0.3 is 31.7 Å². The average molecular weight is 445 g/mol. The van der Waals surface area contributed by atoms with E-state index in [0.29, 0.717) is 35.8 Å². The quantitative estimate of drug-likeness (QED) is 0.629. The topological polar surface area (TPSA) is 139 Å². The van der Waals surface area contributed by atoms with Crippen LogP contribution in [0.2, 0.25) is 0 Å². The van der Waals surface area contributed by atoms with Gasteiger partial charge >= 0.3 is 0 Å². The number of anilines is 1. The molecule has 0 amide bonds. The molecule has 0 aliphatic heterocycles. The van der Waals surface area contributed by atoms with Crippen LogP contribution in [0.15, 0.2) is 16.8 Å². The Morgan fingerprint density at radius 1 is 1.17 bits per heavy atom. The molecule has 1 fully saturated rings. The van der Waals surface area contributed by atoms with Crippen molar-refractivity contribution < 1.29 is 22.6 Å². The third kappa shape index (κ3) is 15.2. The largest absolute Gasteiger partial charge is 0.423 e. The van der Waals surface area contributed by atoms with Crippen molar-refractivity contribution in [2.45, 2.75) is 59.9 Å². The van der Waals surface area contributed by atoms with E-state index in [0.717, 1.165) is 32.2 Å². The molecule has 29 heavy (non-hydrogen) atoms. The summed E-state index contributed by atoms with van der Waals surface area (Å²) < 4.78 is 17.9. The Kier molecular flexibility index (Phi) is 32.5. The van der Waals surface area contributed by atoms with Crippen molar-refractivity contribution in [3.63, 3.8) is 0 Å². The van der Waals surface area contributed by atoms with Crippen molar-refractivity contribution in [3.8, 4) is 0 Å². The molecule has 0 unspecified atom stereocenters. The first-order valence-electron chi connectivity index (χ1n) is 9.13. The van der Waals surface area contributed by atoms with Gasteiger partial charge in [-0.3, -0.25) is 0 Å². The number of hydrogen-bond donors (Lipinski definition) is 3. The maximum Gasteiger partial charge on any atom is 0.295 e. The van der Waals surface area contributed by atoms with Gasteiger partial charge in [-0.25, -0.2) is 4.39 Å². The van der Waals surface area contributed by atoms with Gasteiger partial charge in [-0.1, -0.05) is 27.4 Å². The summed E-state index contributed by atoms with van der Waals surface area (Å²) in [4.78, 5) is 4.34. The van der Waals surface area contributed by atoms with E-state index in [1.807, 2.05) is 40.9 Å². The Labute approximate surface area is 186 Å². The van der Waals surface area contributed by atoms with Crippen LogP contribution in [0.25, 0.3) is 12.2 Å². The Balaban J connectivity index is -0.0000000967. The van der Waals surface area contributed by atoms with Gasteiger partial charge in [-0.05, 0) is 65.2 Å². The highest BCUT2D eigenvalue weighted by Gasteiger charge is 2.21. The predicted molar refractivity (Wildman–Crippen MR) is 135 cm³/mol. The smallest absolute Gasteiger partial charge is 0.295 e. The maximum atomic E-state index is 12.3. The second-order valence-corrected chi connectivity index (χ2v) is 5.66. The minimum Gasteiger partial charge on any atom is -0.423 e. The average Bonchev–Trinajstić information content (AvgIpc) is 3.00. The van der Waals surface area contributed by atoms with Gasteiger partial charge in [0.2, 0.25) is 0 Å². The lowest BCUT2D eigenvalue weighted by Gasteiger charge is -2.27. The van der Waals surface area contributed by atoms with Gasteiger partial charge in [0.25, 0.3) is 6.01 Å². The number of aromatic nitrogens is 1. The van der Waals surface area contributed by atoms with E-state index in [2.05, 4.69) is 15.6 Å². The summed E-state index contributed by atoms with van der Waals surface area (Å²) in [6, 6.07) is 0.819. The zero-order valence-corrected chi connectivity index (χ0v) is 18.8. The van der Waals surface area contributed by atoms with E-state index in [-0.39, 0.29) is 34.7 Å². The third-order valence-corrected chi connectivity index (χ3v) is 3.73. The lowest BCUT2D eigenvalue weighted by atomic mass is 9.86. The first-order chi connectivity index (χ1) is 12.2. The van der Waals surface area contributed by atoms with Crippen molar-refractivity contribution >= 4 is 31.7 Å². The van der Waals surface area contributed by atoms with Crippen LogP contribution in [0.4, 0.5) is 10.4 Å². The van der Waals surface area contributed by atoms with E-state index in [4.69, 9.17) is 10.2 Å². The summed E-state index contributed by atoms with van der Waals surface area (Å²) in [6.45, 7) is 6.65. The molecule has 1 aliphatic carbocycles. The van der Waals surface area contributed by atoms with Gasteiger partial charge in [0.05, 0.1) is 6.33 Å². The van der Waals surface area contributed by atoms with Gasteiger partial charge in [-0.15, -0.1) is 0 Å². The molecule has 0 atom stereocenters. The molecule has 0 aromatic carbocycles. The molecule has 0 radical (unpaired) electrons. The minimum absolute atomic E-state index is 0. The number of hydrogen-bond acceptors (Lipinski definition) is 5. The molecule has 0 spiro atoms. The number of allylic oxidation sites excluding steroid dienone is 1. The molecule has 0 bridgehead atoms. The Bertz CT molecular complexity index is 487. The van der Waals surface area contributed by atoms with E-state index < -0.39 is 0 Å². The lowest BCUT2D eigenvalue weighted by Crippen LogP contribution is -2.29. The Morgan fingerprint density at radius 2 is 1.69 bits per heavy atom. The van der Waals surface area contributed by atoms with E-state index in [9.17, 15) is 4.39 Å². The summed E-state index contributed by atoms with van der Waals surface area (Å²) in [7, 11) is 3.75. The summed E-state index contributed by atoms with van der Waals surface area (Å²) in [6.07, 6.45) is 9.79. The van der Waals surface area contributed by atoms with Gasteiger partial charge in [0, 0.05) is 15.0 Å². The molecule has 0 saturated heterocycles. The van der Waals surface area contributed by atoms with Crippen LogP contribution in [0.1, 0.15) is 68.2 Å². The Morgan fingerprint density at radius 3 is 2.10 bits per heavy atom. The number of rotatable bonds is 5. The van der Waals surface area contributed by atoms with Crippen molar-refractivity contribution in [3.05, 3.63) is 23.9 Å². The van der Waals surface area contributed by atoms with Gasteiger partial charge in [0.1, 0.15) is 5.69 Å². The SMILES string of the molecule is C.C/C=C\c1nc(NC2CCC(CN)CC2)oc1/C=C/F.CC.CNC.O.O.S.[HH].[HH]. The van der Waals surface area contributed by atoms with E-state index in [1.165, 1.54) is 6.08 Å². The lowest BCUT2D eigenvalue weighted by molar-refractivity contribution is 0.341. The molecule has 1 saturated carbocycles. The standard InChI is InChI=1S/C15H22FN3O.C2H7N.C2H6.CH4.2H2O.H2S.2H2/c1-2-3-13-14(8-9-16)20-15(19-13)18-12-6-4-11(10-17)5-7-12;1-3-2;1-2;;;;;;/h2-3,8-9,11-12H,4-7,10,17H2,1H3,(H,18,19);3H,1-2H3;1-2H3;1H4;3*1H2;2*1H/b3-2-,9-8+;;;;;;;;. The van der Waals surface area contributed by atoms with Crippen molar-refractivity contribution in [1.82, 2.24) is 10.3 Å². The monoisotopic (exact) mass is 444 g/mol. The van der Waals surface area contributed by atoms with Crippen LogP contribution in [0.3, 0.4) is 0 Å². The predicted octanol–water partition coefficient (Wildman–Crippen LogP) is 4.03. The van der Waals surface area contributed by atoms with Crippen molar-refractivity contribution in [2.24, 2.45) is 11.7 Å². The third-order valence-electron chi connectivity index (χ3n) is 3.73. The molecular formula is C20H49FN4O3S. The number of oxazole rings is 1. The Hall–Kier alpha value is -1.39. The van der Waals surface area contributed by atoms with E-state index in [1.54, 1.807) is 6.08 Å². The van der Waals surface area contributed by atoms with E-state index >= 15 is 0 Å². The fourth-order valence-corrected chi connectivity index (χ4v) is 2.58. The molecule has 180 valence electrons. The second kappa shape index (κ2) is 24.6. The second-order valence-electron chi connectivity index (χ2n) is 5.66. The number of nitrogens with one attached hydrogen (secondary N) is 2. The summed E-state index contributed by atoms with van der Waals surface area (Å²) in [5.74, 6) is 1.07. The van der Waals surface area contributed by atoms with Gasteiger partial charge in [0.15, 0.2) is 5.76 Å². The number of halogens is 1. The molecule has 1 aliphatic rings. The van der Waals surface area contributed by atoms with Crippen LogP contribution < -0.4 is 16.4 Å².